The lowest BCUT2D eigenvalue weighted by molar-refractivity contribution is -0.117. The van der Waals surface area contributed by atoms with Crippen molar-refractivity contribution in [2.24, 2.45) is 0 Å². The van der Waals surface area contributed by atoms with Crippen LogP contribution < -0.4 is 14.8 Å². The molecule has 2 rings (SSSR count). The molecule has 0 spiro atoms. The first-order valence-corrected chi connectivity index (χ1v) is 8.85. The van der Waals surface area contributed by atoms with Gasteiger partial charge in [0, 0.05) is 6.54 Å². The number of methoxy groups -OCH3 is 1. The minimum absolute atomic E-state index is 0.0140. The van der Waals surface area contributed by atoms with Gasteiger partial charge in [-0.1, -0.05) is 30.7 Å². The molecule has 0 atom stereocenters. The molecule has 1 N–H and O–H groups in total. The molecule has 0 saturated carbocycles. The Morgan fingerprint density at radius 2 is 1.86 bits per heavy atom. The summed E-state index contributed by atoms with van der Waals surface area (Å²) in [5.41, 5.74) is 2.03. The Kier molecular flexibility index (Phi) is 7.35. The fourth-order valence-electron chi connectivity index (χ4n) is 2.36. The molecule has 6 nitrogen and oxygen atoms in total. The van der Waals surface area contributed by atoms with Crippen molar-refractivity contribution in [2.45, 2.75) is 20.3 Å². The summed E-state index contributed by atoms with van der Waals surface area (Å²) in [5, 5.41) is 11.9. The summed E-state index contributed by atoms with van der Waals surface area (Å²) in [7, 11) is 1.45. The van der Waals surface area contributed by atoms with E-state index in [2.05, 4.69) is 5.32 Å². The van der Waals surface area contributed by atoms with E-state index < -0.39 is 11.9 Å². The predicted octanol–water partition coefficient (Wildman–Crippen LogP) is 3.66. The molecular weight excluding hydrogens is 356 g/mol. The summed E-state index contributed by atoms with van der Waals surface area (Å²) in [6.07, 6.45) is 2.23. The van der Waals surface area contributed by atoms with Crippen molar-refractivity contribution in [1.29, 1.82) is 5.26 Å². The standard InChI is InChI=1S/C22H22N2O4/c1-4-11-24-21(25)18(14-23)12-16-7-10-19(20(13-16)27-3)28-22(26)17-8-5-15(2)6-9-17/h5-10,12-13H,4,11H2,1-3H3,(H,24,25)/b18-12+. The van der Waals surface area contributed by atoms with Crippen molar-refractivity contribution in [3.8, 4) is 17.6 Å². The second-order valence-corrected chi connectivity index (χ2v) is 6.09. The number of ether oxygens (including phenoxy) is 2. The molecule has 0 radical (unpaired) electrons. The van der Waals surface area contributed by atoms with E-state index in [0.717, 1.165) is 12.0 Å². The summed E-state index contributed by atoms with van der Waals surface area (Å²) in [5.74, 6) is -0.365. The van der Waals surface area contributed by atoms with E-state index in [-0.39, 0.29) is 11.3 Å². The van der Waals surface area contributed by atoms with Crippen LogP contribution in [0.1, 0.15) is 34.8 Å². The number of hydrogen-bond acceptors (Lipinski definition) is 5. The third kappa shape index (κ3) is 5.45. The number of rotatable bonds is 7. The fraction of sp³-hybridized carbons (Fsp3) is 0.227. The number of aryl methyl sites for hydroxylation is 1. The number of hydrogen-bond donors (Lipinski definition) is 1. The summed E-state index contributed by atoms with van der Waals surface area (Å²) >= 11 is 0. The zero-order chi connectivity index (χ0) is 20.5. The van der Waals surface area contributed by atoms with Gasteiger partial charge in [-0.3, -0.25) is 4.79 Å². The summed E-state index contributed by atoms with van der Waals surface area (Å²) < 4.78 is 10.7. The van der Waals surface area contributed by atoms with Gasteiger partial charge in [-0.15, -0.1) is 0 Å². The summed E-state index contributed by atoms with van der Waals surface area (Å²) in [6, 6.07) is 13.7. The summed E-state index contributed by atoms with van der Waals surface area (Å²) in [6.45, 7) is 4.36. The van der Waals surface area contributed by atoms with Crippen LogP contribution in [0, 0.1) is 18.3 Å². The van der Waals surface area contributed by atoms with Gasteiger partial charge in [0.25, 0.3) is 5.91 Å². The quantitative estimate of drug-likeness (QED) is 0.344. The Morgan fingerprint density at radius 3 is 2.46 bits per heavy atom. The Morgan fingerprint density at radius 1 is 1.14 bits per heavy atom. The molecule has 0 unspecified atom stereocenters. The van der Waals surface area contributed by atoms with Crippen LogP contribution in [0.2, 0.25) is 0 Å². The average molecular weight is 378 g/mol. The number of carbonyl (C=O) groups excluding carboxylic acids is 2. The second kappa shape index (κ2) is 9.93. The summed E-state index contributed by atoms with van der Waals surface area (Å²) in [4.78, 5) is 24.3. The van der Waals surface area contributed by atoms with Gasteiger partial charge in [0.2, 0.25) is 0 Å². The maximum Gasteiger partial charge on any atom is 0.343 e. The van der Waals surface area contributed by atoms with Crippen LogP contribution in [0.3, 0.4) is 0 Å². The van der Waals surface area contributed by atoms with Crippen molar-refractivity contribution in [2.75, 3.05) is 13.7 Å². The number of nitrogens with one attached hydrogen (secondary N) is 1. The largest absolute Gasteiger partial charge is 0.493 e. The number of nitriles is 1. The first kappa shape index (κ1) is 20.7. The van der Waals surface area contributed by atoms with Gasteiger partial charge in [-0.25, -0.2) is 4.79 Å². The highest BCUT2D eigenvalue weighted by Gasteiger charge is 2.14. The predicted molar refractivity (Wildman–Crippen MR) is 106 cm³/mol. The maximum absolute atomic E-state index is 12.3. The lowest BCUT2D eigenvalue weighted by Gasteiger charge is -2.10. The molecular formula is C22H22N2O4. The van der Waals surface area contributed by atoms with E-state index in [1.54, 1.807) is 30.3 Å². The number of benzene rings is 2. The van der Waals surface area contributed by atoms with E-state index >= 15 is 0 Å². The molecule has 0 aromatic heterocycles. The van der Waals surface area contributed by atoms with Crippen molar-refractivity contribution >= 4 is 18.0 Å². The SMILES string of the molecule is CCCNC(=O)/C(C#N)=C/c1ccc(OC(=O)c2ccc(C)cc2)c(OC)c1. The van der Waals surface area contributed by atoms with Gasteiger partial charge in [0.15, 0.2) is 11.5 Å². The van der Waals surface area contributed by atoms with E-state index in [9.17, 15) is 14.9 Å². The third-order valence-corrected chi connectivity index (χ3v) is 3.89. The number of esters is 1. The molecule has 0 bridgehead atoms. The molecule has 1 amide bonds. The van der Waals surface area contributed by atoms with Gasteiger partial charge in [0.1, 0.15) is 11.6 Å². The first-order valence-electron chi connectivity index (χ1n) is 8.85. The normalized spacial score (nSPS) is 10.7. The number of amides is 1. The van der Waals surface area contributed by atoms with Crippen molar-refractivity contribution < 1.29 is 19.1 Å². The monoisotopic (exact) mass is 378 g/mol. The van der Waals surface area contributed by atoms with Crippen LogP contribution in [0.25, 0.3) is 6.08 Å². The Bertz CT molecular complexity index is 925. The van der Waals surface area contributed by atoms with E-state index in [4.69, 9.17) is 9.47 Å². The molecule has 28 heavy (non-hydrogen) atoms. The molecule has 2 aromatic rings. The molecule has 144 valence electrons. The Hall–Kier alpha value is -3.59. The smallest absolute Gasteiger partial charge is 0.343 e. The second-order valence-electron chi connectivity index (χ2n) is 6.09. The molecule has 0 saturated heterocycles. The van der Waals surface area contributed by atoms with Crippen molar-refractivity contribution in [3.05, 3.63) is 64.7 Å². The van der Waals surface area contributed by atoms with E-state index in [0.29, 0.717) is 23.4 Å². The zero-order valence-corrected chi connectivity index (χ0v) is 16.1. The van der Waals surface area contributed by atoms with E-state index in [1.807, 2.05) is 32.0 Å². The lowest BCUT2D eigenvalue weighted by Crippen LogP contribution is -2.25. The molecule has 0 fully saturated rings. The highest BCUT2D eigenvalue weighted by atomic mass is 16.6. The van der Waals surface area contributed by atoms with Crippen molar-refractivity contribution in [3.63, 3.8) is 0 Å². The molecule has 0 aliphatic rings. The van der Waals surface area contributed by atoms with Gasteiger partial charge >= 0.3 is 5.97 Å². The molecule has 2 aromatic carbocycles. The lowest BCUT2D eigenvalue weighted by atomic mass is 10.1. The van der Waals surface area contributed by atoms with Crippen LogP contribution >= 0.6 is 0 Å². The Labute approximate surface area is 164 Å². The van der Waals surface area contributed by atoms with Crippen LogP contribution in [0.4, 0.5) is 0 Å². The zero-order valence-electron chi connectivity index (χ0n) is 16.1. The van der Waals surface area contributed by atoms with Gasteiger partial charge in [0.05, 0.1) is 12.7 Å². The van der Waals surface area contributed by atoms with Crippen LogP contribution in [-0.2, 0) is 4.79 Å². The topological polar surface area (TPSA) is 88.4 Å². The number of nitrogens with zero attached hydrogens (tertiary/aromatic N) is 1. The van der Waals surface area contributed by atoms with Gasteiger partial charge in [-0.05, 0) is 49.2 Å². The minimum Gasteiger partial charge on any atom is -0.493 e. The van der Waals surface area contributed by atoms with Gasteiger partial charge in [-0.2, -0.15) is 5.26 Å². The highest BCUT2D eigenvalue weighted by molar-refractivity contribution is 6.01. The van der Waals surface area contributed by atoms with Crippen molar-refractivity contribution in [1.82, 2.24) is 5.32 Å². The molecule has 0 heterocycles. The number of carbonyl (C=O) groups is 2. The molecule has 0 aliphatic heterocycles. The fourth-order valence-corrected chi connectivity index (χ4v) is 2.36. The first-order chi connectivity index (χ1) is 13.5. The maximum atomic E-state index is 12.3. The van der Waals surface area contributed by atoms with Crippen LogP contribution in [0.15, 0.2) is 48.0 Å². The minimum atomic E-state index is -0.502. The van der Waals surface area contributed by atoms with Crippen LogP contribution in [0.5, 0.6) is 11.5 Å². The third-order valence-electron chi connectivity index (χ3n) is 3.89. The van der Waals surface area contributed by atoms with Crippen LogP contribution in [-0.4, -0.2) is 25.5 Å². The van der Waals surface area contributed by atoms with Gasteiger partial charge < -0.3 is 14.8 Å². The molecule has 6 heteroatoms. The molecule has 0 aliphatic carbocycles. The highest BCUT2D eigenvalue weighted by Crippen LogP contribution is 2.29. The Balaban J connectivity index is 2.22. The van der Waals surface area contributed by atoms with E-state index in [1.165, 1.54) is 13.2 Å². The average Bonchev–Trinajstić information content (AvgIpc) is 2.71.